The highest BCUT2D eigenvalue weighted by molar-refractivity contribution is 6.29. The number of nitrogens with two attached hydrogens (primary N) is 1. The van der Waals surface area contributed by atoms with Crippen LogP contribution >= 0.6 is 11.6 Å². The molecule has 0 bridgehead atoms. The van der Waals surface area contributed by atoms with Gasteiger partial charge in [-0.2, -0.15) is 4.98 Å². The Bertz CT molecular complexity index is 287. The first-order chi connectivity index (χ1) is 6.63. The van der Waals surface area contributed by atoms with Gasteiger partial charge in [-0.1, -0.05) is 11.6 Å². The summed E-state index contributed by atoms with van der Waals surface area (Å²) in [5.74, 6) is 0.872. The molecule has 0 aliphatic heterocycles. The summed E-state index contributed by atoms with van der Waals surface area (Å²) in [6.45, 7) is 1.35. The molecule has 1 rings (SSSR count). The van der Waals surface area contributed by atoms with E-state index in [0.29, 0.717) is 17.6 Å². The van der Waals surface area contributed by atoms with Crippen molar-refractivity contribution in [3.8, 4) is 0 Å². The zero-order valence-electron chi connectivity index (χ0n) is 8.20. The van der Waals surface area contributed by atoms with E-state index < -0.39 is 0 Å². The average molecular weight is 217 g/mol. The highest BCUT2D eigenvalue weighted by Gasteiger charge is 2.05. The molecule has 0 fully saturated rings. The number of hydrogen-bond donors (Lipinski definition) is 1. The van der Waals surface area contributed by atoms with Crippen LogP contribution in [0.4, 0.5) is 11.8 Å². The molecule has 0 atom stereocenters. The van der Waals surface area contributed by atoms with E-state index in [4.69, 9.17) is 22.1 Å². The predicted octanol–water partition coefficient (Wildman–Crippen LogP) is 0.795. The fraction of sp³-hybridized carbons (Fsp3) is 0.500. The van der Waals surface area contributed by atoms with Gasteiger partial charge >= 0.3 is 0 Å². The van der Waals surface area contributed by atoms with E-state index in [1.807, 2.05) is 11.9 Å². The molecule has 0 saturated carbocycles. The van der Waals surface area contributed by atoms with Crippen molar-refractivity contribution in [1.82, 2.24) is 9.97 Å². The number of likely N-dealkylation sites (N-methyl/N-ethyl adjacent to an activating group) is 1. The van der Waals surface area contributed by atoms with Gasteiger partial charge in [0.15, 0.2) is 0 Å². The van der Waals surface area contributed by atoms with Crippen LogP contribution in [0.3, 0.4) is 0 Å². The Hall–Kier alpha value is -1.07. The van der Waals surface area contributed by atoms with E-state index in [-0.39, 0.29) is 5.95 Å². The molecule has 6 heteroatoms. The summed E-state index contributed by atoms with van der Waals surface area (Å²) in [6, 6.07) is 1.66. The molecule has 0 aromatic carbocycles. The fourth-order valence-corrected chi connectivity index (χ4v) is 1.15. The smallest absolute Gasteiger partial charge is 0.223 e. The largest absolute Gasteiger partial charge is 0.383 e. The molecule has 0 unspecified atom stereocenters. The third-order valence-electron chi connectivity index (χ3n) is 1.72. The topological polar surface area (TPSA) is 64.3 Å². The lowest BCUT2D eigenvalue weighted by molar-refractivity contribution is 0.206. The number of methoxy groups -OCH3 is 1. The first-order valence-electron chi connectivity index (χ1n) is 4.13. The normalized spacial score (nSPS) is 10.2. The third-order valence-corrected chi connectivity index (χ3v) is 1.91. The zero-order chi connectivity index (χ0) is 10.6. The van der Waals surface area contributed by atoms with Crippen LogP contribution in [0.2, 0.25) is 5.15 Å². The van der Waals surface area contributed by atoms with E-state index in [1.54, 1.807) is 13.2 Å². The maximum atomic E-state index is 5.74. The number of anilines is 2. The summed E-state index contributed by atoms with van der Waals surface area (Å²) < 4.78 is 4.95. The number of nitrogen functional groups attached to an aromatic ring is 1. The van der Waals surface area contributed by atoms with E-state index in [9.17, 15) is 0 Å². The maximum absolute atomic E-state index is 5.74. The molecule has 0 aliphatic carbocycles. The molecular formula is C8H13ClN4O. The van der Waals surface area contributed by atoms with Crippen molar-refractivity contribution < 1.29 is 4.74 Å². The van der Waals surface area contributed by atoms with E-state index in [1.165, 1.54) is 0 Å². The number of ether oxygens (including phenoxy) is 1. The second kappa shape index (κ2) is 4.97. The SMILES string of the molecule is COCCN(C)c1cc(Cl)nc(N)n1. The first kappa shape index (κ1) is 11.0. The molecule has 0 saturated heterocycles. The summed E-state index contributed by atoms with van der Waals surface area (Å²) in [5, 5.41) is 0.344. The highest BCUT2D eigenvalue weighted by Crippen LogP contribution is 2.15. The number of rotatable bonds is 4. The number of nitrogens with zero attached hydrogens (tertiary/aromatic N) is 3. The summed E-state index contributed by atoms with van der Waals surface area (Å²) in [7, 11) is 3.53. The summed E-state index contributed by atoms with van der Waals surface area (Å²) >= 11 is 5.74. The minimum Gasteiger partial charge on any atom is -0.383 e. The van der Waals surface area contributed by atoms with Crippen LogP contribution in [0.5, 0.6) is 0 Å². The Morgan fingerprint density at radius 2 is 2.29 bits per heavy atom. The van der Waals surface area contributed by atoms with E-state index in [2.05, 4.69) is 9.97 Å². The van der Waals surface area contributed by atoms with Gasteiger partial charge < -0.3 is 15.4 Å². The zero-order valence-corrected chi connectivity index (χ0v) is 8.95. The molecule has 0 spiro atoms. The minimum absolute atomic E-state index is 0.178. The maximum Gasteiger partial charge on any atom is 0.223 e. The van der Waals surface area contributed by atoms with Gasteiger partial charge in [-0.15, -0.1) is 0 Å². The summed E-state index contributed by atoms with van der Waals surface area (Å²) in [5.41, 5.74) is 5.46. The van der Waals surface area contributed by atoms with Gasteiger partial charge in [-0.3, -0.25) is 0 Å². The van der Waals surface area contributed by atoms with Gasteiger partial charge in [-0.05, 0) is 0 Å². The lowest BCUT2D eigenvalue weighted by Gasteiger charge is -2.17. The van der Waals surface area contributed by atoms with Gasteiger partial charge in [0.2, 0.25) is 5.95 Å². The monoisotopic (exact) mass is 216 g/mol. The second-order valence-electron chi connectivity index (χ2n) is 2.82. The Labute approximate surface area is 87.8 Å². The molecule has 14 heavy (non-hydrogen) atoms. The molecule has 78 valence electrons. The van der Waals surface area contributed by atoms with Crippen molar-refractivity contribution in [2.45, 2.75) is 0 Å². The molecule has 5 nitrogen and oxygen atoms in total. The molecule has 2 N–H and O–H groups in total. The lowest BCUT2D eigenvalue weighted by Crippen LogP contribution is -2.23. The van der Waals surface area contributed by atoms with Crippen LogP contribution in [0.1, 0.15) is 0 Å². The Kier molecular flexibility index (Phi) is 3.91. The highest BCUT2D eigenvalue weighted by atomic mass is 35.5. The van der Waals surface area contributed by atoms with E-state index >= 15 is 0 Å². The fourth-order valence-electron chi connectivity index (χ4n) is 0.961. The molecular weight excluding hydrogens is 204 g/mol. The second-order valence-corrected chi connectivity index (χ2v) is 3.21. The van der Waals surface area contributed by atoms with Gasteiger partial charge in [0.05, 0.1) is 6.61 Å². The van der Waals surface area contributed by atoms with Crippen molar-refractivity contribution in [2.24, 2.45) is 0 Å². The van der Waals surface area contributed by atoms with Crippen molar-refractivity contribution in [3.63, 3.8) is 0 Å². The lowest BCUT2D eigenvalue weighted by atomic mass is 10.5. The van der Waals surface area contributed by atoms with Gasteiger partial charge in [0.25, 0.3) is 0 Å². The van der Waals surface area contributed by atoms with E-state index in [0.717, 1.165) is 6.54 Å². The standard InChI is InChI=1S/C8H13ClN4O/c1-13(3-4-14-2)7-5-6(9)11-8(10)12-7/h5H,3-4H2,1-2H3,(H2,10,11,12). The van der Waals surface area contributed by atoms with Crippen molar-refractivity contribution >= 4 is 23.4 Å². The number of hydrogen-bond acceptors (Lipinski definition) is 5. The average Bonchev–Trinajstić information content (AvgIpc) is 2.12. The van der Waals surface area contributed by atoms with Gasteiger partial charge in [0, 0.05) is 26.8 Å². The first-order valence-corrected chi connectivity index (χ1v) is 4.51. The summed E-state index contributed by atoms with van der Waals surface area (Å²) in [4.78, 5) is 9.71. The van der Waals surface area contributed by atoms with Crippen molar-refractivity contribution in [2.75, 3.05) is 37.9 Å². The number of halogens is 1. The van der Waals surface area contributed by atoms with Crippen LogP contribution in [0, 0.1) is 0 Å². The molecule has 0 aliphatic rings. The Morgan fingerprint density at radius 1 is 1.57 bits per heavy atom. The molecule has 1 aromatic rings. The van der Waals surface area contributed by atoms with Crippen LogP contribution in [0.25, 0.3) is 0 Å². The molecule has 0 radical (unpaired) electrons. The minimum atomic E-state index is 0.178. The molecule has 0 amide bonds. The quantitative estimate of drug-likeness (QED) is 0.755. The summed E-state index contributed by atoms with van der Waals surface area (Å²) in [6.07, 6.45) is 0. The van der Waals surface area contributed by atoms with Crippen molar-refractivity contribution in [1.29, 1.82) is 0 Å². The van der Waals surface area contributed by atoms with Crippen molar-refractivity contribution in [3.05, 3.63) is 11.2 Å². The van der Waals surface area contributed by atoms with Crippen LogP contribution in [-0.2, 0) is 4.74 Å². The van der Waals surface area contributed by atoms with Crippen LogP contribution < -0.4 is 10.6 Å². The van der Waals surface area contributed by atoms with Crippen LogP contribution in [-0.4, -0.2) is 37.3 Å². The number of aromatic nitrogens is 2. The Balaban J connectivity index is 2.73. The predicted molar refractivity (Wildman–Crippen MR) is 56.6 cm³/mol. The Morgan fingerprint density at radius 3 is 2.86 bits per heavy atom. The van der Waals surface area contributed by atoms with Gasteiger partial charge in [-0.25, -0.2) is 4.98 Å². The molecule has 1 aromatic heterocycles. The van der Waals surface area contributed by atoms with Gasteiger partial charge in [0.1, 0.15) is 11.0 Å². The van der Waals surface area contributed by atoms with Crippen LogP contribution in [0.15, 0.2) is 6.07 Å². The molecule has 1 heterocycles. The third kappa shape index (κ3) is 3.01.